The summed E-state index contributed by atoms with van der Waals surface area (Å²) in [4.78, 5) is 4.93. The number of fused-ring (bicyclic) bond motifs is 1. The quantitative estimate of drug-likeness (QED) is 0.670. The first kappa shape index (κ1) is 19.8. The Bertz CT molecular complexity index is 1200. The summed E-state index contributed by atoms with van der Waals surface area (Å²) in [6.07, 6.45) is 10.6. The van der Waals surface area contributed by atoms with E-state index < -0.39 is 0 Å². The maximum absolute atomic E-state index is 6.21. The van der Waals surface area contributed by atoms with Gasteiger partial charge in [-0.2, -0.15) is 0 Å². The summed E-state index contributed by atoms with van der Waals surface area (Å²) in [7, 11) is 0. The summed E-state index contributed by atoms with van der Waals surface area (Å²) < 4.78 is 6.21. The van der Waals surface area contributed by atoms with Crippen LogP contribution in [0.1, 0.15) is 24.5 Å². The van der Waals surface area contributed by atoms with Crippen molar-refractivity contribution in [2.24, 2.45) is 5.92 Å². The highest BCUT2D eigenvalue weighted by molar-refractivity contribution is 5.61. The fourth-order valence-electron chi connectivity index (χ4n) is 4.23. The van der Waals surface area contributed by atoms with E-state index in [-0.39, 0.29) is 0 Å². The number of nitrogens with zero attached hydrogens (tertiary/aromatic N) is 1. The van der Waals surface area contributed by atoms with Gasteiger partial charge in [-0.25, -0.2) is 4.98 Å². The molecule has 3 heteroatoms. The van der Waals surface area contributed by atoms with Crippen LogP contribution in [0.25, 0.3) is 23.4 Å². The summed E-state index contributed by atoms with van der Waals surface area (Å²) in [5.74, 6) is 1.65. The molecule has 2 heterocycles. The first-order valence-electron chi connectivity index (χ1n) is 11.1. The van der Waals surface area contributed by atoms with Gasteiger partial charge in [0.25, 0.3) is 0 Å². The molecule has 2 atom stereocenters. The number of nitrogens with one attached hydrogen (secondary N) is 1. The third-order valence-corrected chi connectivity index (χ3v) is 6.31. The Balaban J connectivity index is 1.38. The minimum Gasteiger partial charge on any atom is -0.489 e. The fourth-order valence-corrected chi connectivity index (χ4v) is 4.23. The van der Waals surface area contributed by atoms with Crippen LogP contribution in [0.4, 0.5) is 0 Å². The van der Waals surface area contributed by atoms with Crippen molar-refractivity contribution in [3.63, 3.8) is 0 Å². The molecule has 0 bridgehead atoms. The van der Waals surface area contributed by atoms with Crippen LogP contribution in [0.15, 0.2) is 72.8 Å². The molecular formula is C28H28N2O. The van der Waals surface area contributed by atoms with Gasteiger partial charge in [0.1, 0.15) is 12.4 Å². The van der Waals surface area contributed by atoms with Gasteiger partial charge in [0.2, 0.25) is 0 Å². The average Bonchev–Trinajstić information content (AvgIpc) is 3.07. The molecule has 0 amide bonds. The molecule has 1 unspecified atom stereocenters. The molecule has 1 aliphatic heterocycles. The van der Waals surface area contributed by atoms with Crippen molar-refractivity contribution in [3.05, 3.63) is 94.5 Å². The number of rotatable bonds is 6. The van der Waals surface area contributed by atoms with Crippen LogP contribution in [-0.2, 0) is 13.0 Å². The predicted molar refractivity (Wildman–Crippen MR) is 127 cm³/mol. The van der Waals surface area contributed by atoms with Crippen molar-refractivity contribution in [1.29, 1.82) is 0 Å². The molecule has 1 saturated heterocycles. The van der Waals surface area contributed by atoms with Crippen LogP contribution in [-0.4, -0.2) is 17.6 Å². The SMILES string of the molecule is CC1NC[C@@H]1Cc1ccc(OCc2cc(-c3ccccc3)nc3c2=CC=CCC=3)cc1. The summed E-state index contributed by atoms with van der Waals surface area (Å²) in [6, 6.07) is 21.7. The van der Waals surface area contributed by atoms with E-state index in [4.69, 9.17) is 9.72 Å². The molecule has 1 aromatic heterocycles. The monoisotopic (exact) mass is 408 g/mol. The molecule has 0 radical (unpaired) electrons. The summed E-state index contributed by atoms with van der Waals surface area (Å²) in [5.41, 5.74) is 4.65. The largest absolute Gasteiger partial charge is 0.489 e. The van der Waals surface area contributed by atoms with Crippen LogP contribution in [0.3, 0.4) is 0 Å². The van der Waals surface area contributed by atoms with Crippen LogP contribution in [0.5, 0.6) is 5.75 Å². The molecule has 3 nitrogen and oxygen atoms in total. The molecule has 5 rings (SSSR count). The molecule has 3 aromatic rings. The lowest BCUT2D eigenvalue weighted by Gasteiger charge is -2.35. The number of ether oxygens (including phenoxy) is 1. The lowest BCUT2D eigenvalue weighted by Crippen LogP contribution is -2.51. The molecule has 1 fully saturated rings. The summed E-state index contributed by atoms with van der Waals surface area (Å²) in [6.45, 7) is 3.90. The first-order chi connectivity index (χ1) is 15.3. The lowest BCUT2D eigenvalue weighted by molar-refractivity contribution is 0.249. The van der Waals surface area contributed by atoms with Gasteiger partial charge < -0.3 is 10.1 Å². The van der Waals surface area contributed by atoms with Gasteiger partial charge in [-0.1, -0.05) is 66.8 Å². The Hall–Kier alpha value is -3.17. The van der Waals surface area contributed by atoms with Crippen molar-refractivity contribution in [1.82, 2.24) is 10.3 Å². The van der Waals surface area contributed by atoms with E-state index in [9.17, 15) is 0 Å². The number of allylic oxidation sites excluding steroid dienone is 2. The van der Waals surface area contributed by atoms with Gasteiger partial charge in [-0.05, 0) is 49.4 Å². The maximum Gasteiger partial charge on any atom is 0.119 e. The zero-order valence-electron chi connectivity index (χ0n) is 17.9. The van der Waals surface area contributed by atoms with Crippen molar-refractivity contribution < 1.29 is 4.74 Å². The van der Waals surface area contributed by atoms with E-state index in [1.807, 2.05) is 6.07 Å². The van der Waals surface area contributed by atoms with E-state index in [2.05, 4.69) is 91.1 Å². The van der Waals surface area contributed by atoms with Gasteiger partial charge in [0, 0.05) is 28.9 Å². The third-order valence-electron chi connectivity index (χ3n) is 6.31. The third kappa shape index (κ3) is 4.47. The van der Waals surface area contributed by atoms with Crippen LogP contribution >= 0.6 is 0 Å². The average molecular weight is 409 g/mol. The molecule has 1 N–H and O–H groups in total. The standard InChI is InChI=1S/C28H28N2O/c1-20-23(18-29-20)16-21-12-14-25(15-13-21)31-19-24-17-28(22-8-4-2-5-9-22)30-27-11-7-3-6-10-26(24)27/h2-6,8-15,17,20,23,29H,7,16,18-19H2,1H3/t20?,23-/m0/s1. The second kappa shape index (κ2) is 8.91. The minimum atomic E-state index is 0.520. The van der Waals surface area contributed by atoms with E-state index in [1.54, 1.807) is 0 Å². The Kier molecular flexibility index (Phi) is 5.68. The fraction of sp³-hybridized carbons (Fsp3) is 0.250. The Labute approximate surface area is 183 Å². The zero-order chi connectivity index (χ0) is 21.0. The normalized spacial score (nSPS) is 19.4. The number of benzene rings is 2. The highest BCUT2D eigenvalue weighted by Crippen LogP contribution is 2.21. The molecule has 2 aliphatic rings. The van der Waals surface area contributed by atoms with Crippen molar-refractivity contribution in [2.45, 2.75) is 32.4 Å². The summed E-state index contributed by atoms with van der Waals surface area (Å²) in [5, 5.41) is 5.61. The van der Waals surface area contributed by atoms with Crippen molar-refractivity contribution in [3.8, 4) is 17.0 Å². The highest BCUT2D eigenvalue weighted by atomic mass is 16.5. The molecule has 156 valence electrons. The van der Waals surface area contributed by atoms with Crippen molar-refractivity contribution >= 4 is 12.2 Å². The zero-order valence-corrected chi connectivity index (χ0v) is 17.9. The second-order valence-corrected chi connectivity index (χ2v) is 8.46. The Morgan fingerprint density at radius 1 is 1.06 bits per heavy atom. The van der Waals surface area contributed by atoms with E-state index in [1.165, 1.54) is 5.56 Å². The smallest absolute Gasteiger partial charge is 0.119 e. The number of hydrogen-bond acceptors (Lipinski definition) is 3. The molecule has 2 aromatic carbocycles. The Morgan fingerprint density at radius 2 is 1.90 bits per heavy atom. The van der Waals surface area contributed by atoms with E-state index in [0.717, 1.165) is 58.4 Å². The Morgan fingerprint density at radius 3 is 2.65 bits per heavy atom. The molecular weight excluding hydrogens is 380 g/mol. The number of hydrogen-bond donors (Lipinski definition) is 1. The van der Waals surface area contributed by atoms with Crippen LogP contribution < -0.4 is 20.6 Å². The van der Waals surface area contributed by atoms with Gasteiger partial charge >= 0.3 is 0 Å². The molecule has 0 saturated carbocycles. The van der Waals surface area contributed by atoms with E-state index >= 15 is 0 Å². The van der Waals surface area contributed by atoms with Crippen LogP contribution in [0.2, 0.25) is 0 Å². The van der Waals surface area contributed by atoms with Crippen molar-refractivity contribution in [2.75, 3.05) is 6.54 Å². The second-order valence-electron chi connectivity index (χ2n) is 8.46. The van der Waals surface area contributed by atoms with Gasteiger partial charge in [-0.3, -0.25) is 0 Å². The summed E-state index contributed by atoms with van der Waals surface area (Å²) >= 11 is 0. The topological polar surface area (TPSA) is 34.1 Å². The van der Waals surface area contributed by atoms with Gasteiger partial charge in [-0.15, -0.1) is 0 Å². The van der Waals surface area contributed by atoms with E-state index in [0.29, 0.717) is 12.6 Å². The molecule has 31 heavy (non-hydrogen) atoms. The highest BCUT2D eigenvalue weighted by Gasteiger charge is 2.25. The lowest BCUT2D eigenvalue weighted by atomic mass is 9.87. The predicted octanol–water partition coefficient (Wildman–Crippen LogP) is 4.00. The molecule has 0 spiro atoms. The minimum absolute atomic E-state index is 0.520. The molecule has 1 aliphatic carbocycles. The first-order valence-corrected chi connectivity index (χ1v) is 11.1. The van der Waals surface area contributed by atoms with Crippen LogP contribution in [0, 0.1) is 5.92 Å². The van der Waals surface area contributed by atoms with Gasteiger partial charge in [0.15, 0.2) is 0 Å². The number of aromatic nitrogens is 1. The number of pyridine rings is 1. The van der Waals surface area contributed by atoms with Gasteiger partial charge in [0.05, 0.1) is 11.0 Å². The maximum atomic E-state index is 6.21.